The summed E-state index contributed by atoms with van der Waals surface area (Å²) >= 11 is 0. The van der Waals surface area contributed by atoms with Crippen molar-refractivity contribution in [2.75, 3.05) is 0 Å². The fourth-order valence-corrected chi connectivity index (χ4v) is 3.90. The number of nitrogens with zero attached hydrogens (tertiary/aromatic N) is 5. The minimum atomic E-state index is -0.971. The maximum absolute atomic E-state index is 12.9. The lowest BCUT2D eigenvalue weighted by atomic mass is 9.93. The lowest BCUT2D eigenvalue weighted by molar-refractivity contribution is -0.151. The van der Waals surface area contributed by atoms with Crippen LogP contribution >= 0.6 is 0 Å². The molecule has 0 spiro atoms. The van der Waals surface area contributed by atoms with Crippen LogP contribution in [0.5, 0.6) is 0 Å². The number of carbonyl (C=O) groups is 2. The highest BCUT2D eigenvalue weighted by molar-refractivity contribution is 5.84. The van der Waals surface area contributed by atoms with Crippen molar-refractivity contribution >= 4 is 17.7 Å². The molecular weight excluding hydrogens is 358 g/mol. The Hall–Kier alpha value is -3.29. The van der Waals surface area contributed by atoms with E-state index < -0.39 is 12.0 Å². The number of benzene rings is 1. The van der Waals surface area contributed by atoms with Crippen LogP contribution in [0.15, 0.2) is 30.6 Å². The van der Waals surface area contributed by atoms with E-state index in [1.807, 2.05) is 38.1 Å². The SMILES string of the molecule is Cc1nc2ncnn2c(C)c1CCC(=O)N1Cc2ccccc2CC1C(=O)O. The third kappa shape index (κ3) is 3.11. The first-order chi connectivity index (χ1) is 13.5. The zero-order chi connectivity index (χ0) is 19.8. The molecule has 1 N–H and O–H groups in total. The largest absolute Gasteiger partial charge is 0.480 e. The van der Waals surface area contributed by atoms with Gasteiger partial charge in [0.05, 0.1) is 0 Å². The smallest absolute Gasteiger partial charge is 0.326 e. The average Bonchev–Trinajstić information content (AvgIpc) is 3.15. The molecule has 1 amide bonds. The normalized spacial score (nSPS) is 16.2. The number of rotatable bonds is 4. The quantitative estimate of drug-likeness (QED) is 0.741. The van der Waals surface area contributed by atoms with Gasteiger partial charge < -0.3 is 10.0 Å². The van der Waals surface area contributed by atoms with Crippen molar-refractivity contribution in [3.05, 3.63) is 58.7 Å². The van der Waals surface area contributed by atoms with Gasteiger partial charge in [-0.2, -0.15) is 10.1 Å². The minimum absolute atomic E-state index is 0.167. The summed E-state index contributed by atoms with van der Waals surface area (Å²) in [6, 6.07) is 6.85. The van der Waals surface area contributed by atoms with Crippen LogP contribution in [0, 0.1) is 13.8 Å². The molecule has 144 valence electrons. The van der Waals surface area contributed by atoms with Crippen LogP contribution in [0.3, 0.4) is 0 Å². The summed E-state index contributed by atoms with van der Waals surface area (Å²) < 4.78 is 1.66. The van der Waals surface area contributed by atoms with Gasteiger partial charge in [0, 0.05) is 30.8 Å². The fourth-order valence-electron chi connectivity index (χ4n) is 3.90. The number of carboxylic acid groups (broad SMARTS) is 1. The van der Waals surface area contributed by atoms with Crippen LogP contribution in [0.25, 0.3) is 5.78 Å². The molecule has 0 saturated carbocycles. The second kappa shape index (κ2) is 7.03. The summed E-state index contributed by atoms with van der Waals surface area (Å²) in [5.74, 6) is -0.607. The van der Waals surface area contributed by atoms with Gasteiger partial charge in [-0.3, -0.25) is 4.79 Å². The van der Waals surface area contributed by atoms with Crippen LogP contribution in [-0.2, 0) is 29.0 Å². The van der Waals surface area contributed by atoms with Crippen LogP contribution in [0.2, 0.25) is 0 Å². The van der Waals surface area contributed by atoms with Crippen molar-refractivity contribution in [2.24, 2.45) is 0 Å². The highest BCUT2D eigenvalue weighted by atomic mass is 16.4. The first kappa shape index (κ1) is 18.1. The Balaban J connectivity index is 1.55. The van der Waals surface area contributed by atoms with Gasteiger partial charge in [0.2, 0.25) is 5.91 Å². The second-order valence-corrected chi connectivity index (χ2v) is 7.08. The molecule has 3 heterocycles. The summed E-state index contributed by atoms with van der Waals surface area (Å²) in [5.41, 5.74) is 4.64. The van der Waals surface area contributed by atoms with Gasteiger partial charge >= 0.3 is 5.97 Å². The van der Waals surface area contributed by atoms with Gasteiger partial charge in [0.25, 0.3) is 5.78 Å². The Morgan fingerprint density at radius 2 is 1.96 bits per heavy atom. The molecule has 0 aliphatic carbocycles. The standard InChI is InChI=1S/C20H21N5O3/c1-12-16(13(2)25-20(23-12)21-11-22-25)7-8-18(26)24-10-15-6-4-3-5-14(15)9-17(24)19(27)28/h3-6,11,17H,7-10H2,1-2H3,(H,27,28). The van der Waals surface area contributed by atoms with Crippen molar-refractivity contribution < 1.29 is 14.7 Å². The second-order valence-electron chi connectivity index (χ2n) is 7.08. The average molecular weight is 379 g/mol. The van der Waals surface area contributed by atoms with Crippen molar-refractivity contribution in [1.29, 1.82) is 0 Å². The highest BCUT2D eigenvalue weighted by Crippen LogP contribution is 2.25. The molecule has 8 heteroatoms. The monoisotopic (exact) mass is 379 g/mol. The summed E-state index contributed by atoms with van der Waals surface area (Å²) in [6.07, 6.45) is 2.48. The maximum atomic E-state index is 12.9. The lowest BCUT2D eigenvalue weighted by Gasteiger charge is -2.34. The molecule has 2 aromatic heterocycles. The van der Waals surface area contributed by atoms with E-state index >= 15 is 0 Å². The predicted octanol–water partition coefficient (Wildman–Crippen LogP) is 1.71. The van der Waals surface area contributed by atoms with Gasteiger partial charge in [0.15, 0.2) is 0 Å². The summed E-state index contributed by atoms with van der Waals surface area (Å²) in [4.78, 5) is 34.7. The predicted molar refractivity (Wildman–Crippen MR) is 101 cm³/mol. The lowest BCUT2D eigenvalue weighted by Crippen LogP contribution is -2.48. The van der Waals surface area contributed by atoms with E-state index in [4.69, 9.17) is 0 Å². The molecule has 1 atom stereocenters. The number of carboxylic acids is 1. The van der Waals surface area contributed by atoms with Crippen molar-refractivity contribution in [1.82, 2.24) is 24.5 Å². The number of fused-ring (bicyclic) bond motifs is 2. The Morgan fingerprint density at radius 1 is 1.21 bits per heavy atom. The molecule has 4 rings (SSSR count). The molecule has 0 fully saturated rings. The summed E-state index contributed by atoms with van der Waals surface area (Å²) in [5, 5.41) is 13.8. The van der Waals surface area contributed by atoms with Crippen LogP contribution in [0.1, 0.15) is 34.5 Å². The molecule has 0 bridgehead atoms. The van der Waals surface area contributed by atoms with Gasteiger partial charge in [0.1, 0.15) is 12.4 Å². The molecule has 1 unspecified atom stereocenters. The van der Waals surface area contributed by atoms with Crippen molar-refractivity contribution in [3.8, 4) is 0 Å². The molecule has 1 aliphatic heterocycles. The third-order valence-electron chi connectivity index (χ3n) is 5.43. The first-order valence-corrected chi connectivity index (χ1v) is 9.20. The minimum Gasteiger partial charge on any atom is -0.480 e. The van der Waals surface area contributed by atoms with E-state index in [0.717, 1.165) is 28.1 Å². The van der Waals surface area contributed by atoms with Gasteiger partial charge in [-0.05, 0) is 37.0 Å². The zero-order valence-corrected chi connectivity index (χ0v) is 15.8. The van der Waals surface area contributed by atoms with Gasteiger partial charge in [-0.25, -0.2) is 14.3 Å². The number of carbonyl (C=O) groups excluding carboxylic acids is 1. The van der Waals surface area contributed by atoms with E-state index in [1.165, 1.54) is 11.2 Å². The van der Waals surface area contributed by atoms with E-state index in [1.54, 1.807) is 4.52 Å². The molecule has 8 nitrogen and oxygen atoms in total. The molecule has 1 aliphatic rings. The summed E-state index contributed by atoms with van der Waals surface area (Å²) in [7, 11) is 0. The number of aliphatic carboxylic acids is 1. The van der Waals surface area contributed by atoms with Crippen molar-refractivity contribution in [3.63, 3.8) is 0 Å². The van der Waals surface area contributed by atoms with E-state index in [9.17, 15) is 14.7 Å². The Bertz CT molecular complexity index is 1070. The molecule has 3 aromatic rings. The van der Waals surface area contributed by atoms with Crippen LogP contribution in [0.4, 0.5) is 0 Å². The highest BCUT2D eigenvalue weighted by Gasteiger charge is 2.34. The van der Waals surface area contributed by atoms with E-state index in [2.05, 4.69) is 15.1 Å². The van der Waals surface area contributed by atoms with Crippen molar-refractivity contribution in [2.45, 2.75) is 45.7 Å². The van der Waals surface area contributed by atoms with E-state index in [-0.39, 0.29) is 12.3 Å². The molecule has 1 aromatic carbocycles. The molecule has 0 radical (unpaired) electrons. The number of aromatic nitrogens is 4. The molecular formula is C20H21N5O3. The number of hydrogen-bond donors (Lipinski definition) is 1. The fraction of sp³-hybridized carbons (Fsp3) is 0.350. The summed E-state index contributed by atoms with van der Waals surface area (Å²) in [6.45, 7) is 4.14. The van der Waals surface area contributed by atoms with Crippen LogP contribution < -0.4 is 0 Å². The molecule has 0 saturated heterocycles. The third-order valence-corrected chi connectivity index (χ3v) is 5.43. The Morgan fingerprint density at radius 3 is 2.71 bits per heavy atom. The van der Waals surface area contributed by atoms with Gasteiger partial charge in [-0.15, -0.1) is 0 Å². The number of aryl methyl sites for hydroxylation is 2. The number of hydrogen-bond acceptors (Lipinski definition) is 5. The Kier molecular flexibility index (Phi) is 4.54. The van der Waals surface area contributed by atoms with Gasteiger partial charge in [-0.1, -0.05) is 24.3 Å². The topological polar surface area (TPSA) is 101 Å². The Labute approximate surface area is 161 Å². The maximum Gasteiger partial charge on any atom is 0.326 e. The first-order valence-electron chi connectivity index (χ1n) is 9.20. The van der Waals surface area contributed by atoms with Crippen LogP contribution in [-0.4, -0.2) is 47.5 Å². The van der Waals surface area contributed by atoms with E-state index in [0.29, 0.717) is 25.2 Å². The zero-order valence-electron chi connectivity index (χ0n) is 15.8. The molecule has 28 heavy (non-hydrogen) atoms. The number of amides is 1.